The third kappa shape index (κ3) is 2.25. The molecule has 0 aliphatic rings. The Morgan fingerprint density at radius 1 is 1.14 bits per heavy atom. The van der Waals surface area contributed by atoms with Crippen molar-refractivity contribution in [2.45, 2.75) is 19.2 Å². The number of pyridine rings is 1. The zero-order valence-electron chi connectivity index (χ0n) is 12.5. The molecule has 0 bridgehead atoms. The molecule has 0 aliphatic carbocycles. The zero-order valence-corrected chi connectivity index (χ0v) is 13.3. The Morgan fingerprint density at radius 2 is 1.82 bits per heavy atom. The van der Waals surface area contributed by atoms with Crippen molar-refractivity contribution in [2.24, 2.45) is 14.1 Å². The van der Waals surface area contributed by atoms with Gasteiger partial charge in [0.1, 0.15) is 0 Å². The van der Waals surface area contributed by atoms with Gasteiger partial charge in [0, 0.05) is 25.9 Å². The normalized spacial score (nSPS) is 12.3. The van der Waals surface area contributed by atoms with Crippen LogP contribution < -0.4 is 0 Å². The molecule has 3 rings (SSSR count). The molecule has 5 nitrogen and oxygen atoms in total. The fourth-order valence-electron chi connectivity index (χ4n) is 2.66. The molecule has 0 spiro atoms. The summed E-state index contributed by atoms with van der Waals surface area (Å²) in [7, 11) is 3.43. The monoisotopic (exact) mass is 325 g/mol. The van der Waals surface area contributed by atoms with Crippen LogP contribution in [-0.4, -0.2) is 24.5 Å². The Morgan fingerprint density at radius 3 is 2.36 bits per heavy atom. The number of halogens is 3. The van der Waals surface area contributed by atoms with Crippen LogP contribution in [-0.2, 0) is 19.5 Å². The van der Waals surface area contributed by atoms with Gasteiger partial charge in [-0.15, -0.1) is 0 Å². The smallest absolute Gasteiger partial charge is 0.275 e. The van der Waals surface area contributed by atoms with Gasteiger partial charge in [-0.3, -0.25) is 9.36 Å². The molecule has 0 aromatic carbocycles. The molecule has 0 N–H and O–H groups in total. The van der Waals surface area contributed by atoms with E-state index in [1.54, 1.807) is 38.8 Å². The fraction of sp³-hybridized carbons (Fsp3) is 0.357. The second kappa shape index (κ2) is 4.74. The first kappa shape index (κ1) is 14.9. The van der Waals surface area contributed by atoms with Gasteiger partial charge < -0.3 is 0 Å². The summed E-state index contributed by atoms with van der Waals surface area (Å²) in [6.45, 7) is 3.46. The molecule has 0 radical (unpaired) electrons. The molecule has 0 fully saturated rings. The minimum Gasteiger partial charge on any atom is -0.275 e. The summed E-state index contributed by atoms with van der Waals surface area (Å²) < 4.78 is 30.8. The molecule has 0 amide bonds. The second-order valence-electron chi connectivity index (χ2n) is 5.26. The molecule has 22 heavy (non-hydrogen) atoms. The van der Waals surface area contributed by atoms with E-state index in [9.17, 15) is 8.78 Å². The van der Waals surface area contributed by atoms with Gasteiger partial charge in [0.2, 0.25) is 0 Å². The van der Waals surface area contributed by atoms with E-state index in [1.165, 1.54) is 10.7 Å². The first-order valence-corrected chi connectivity index (χ1v) is 6.98. The van der Waals surface area contributed by atoms with Crippen molar-refractivity contribution >= 4 is 22.6 Å². The summed E-state index contributed by atoms with van der Waals surface area (Å²) in [5, 5.41) is 5.17. The van der Waals surface area contributed by atoms with E-state index in [1.807, 2.05) is 0 Å². The van der Waals surface area contributed by atoms with E-state index in [0.29, 0.717) is 28.3 Å². The predicted octanol–water partition coefficient (Wildman–Crippen LogP) is 3.27. The number of hydrogen-bond acceptors (Lipinski definition) is 3. The average molecular weight is 326 g/mol. The lowest BCUT2D eigenvalue weighted by molar-refractivity contribution is 0.0968. The molecule has 0 aliphatic heterocycles. The number of rotatable bonds is 2. The van der Waals surface area contributed by atoms with Crippen molar-refractivity contribution < 1.29 is 8.78 Å². The van der Waals surface area contributed by atoms with E-state index in [4.69, 9.17) is 11.6 Å². The molecule has 3 aromatic rings. The number of fused-ring (bicyclic) bond motifs is 1. The van der Waals surface area contributed by atoms with Crippen molar-refractivity contribution in [2.75, 3.05) is 0 Å². The molecular weight excluding hydrogens is 312 g/mol. The molecule has 0 atom stereocenters. The maximum Gasteiger partial charge on any atom is 0.349 e. The van der Waals surface area contributed by atoms with Gasteiger partial charge in [-0.2, -0.15) is 19.0 Å². The van der Waals surface area contributed by atoms with Crippen LogP contribution in [0, 0.1) is 13.8 Å². The molecule has 0 saturated carbocycles. The standard InChI is InChI=1S/C14H14ClF2N5/c1-7-9(6-21(3)19-7)11-5-10(14(15,16)17)12-8(2)20-22(4)13(12)18-11/h5-6H,1-4H3. The fourth-order valence-corrected chi connectivity index (χ4v) is 2.81. The van der Waals surface area contributed by atoms with E-state index in [-0.39, 0.29) is 10.9 Å². The van der Waals surface area contributed by atoms with Crippen molar-refractivity contribution in [3.05, 3.63) is 29.2 Å². The Bertz CT molecular complexity index is 876. The van der Waals surface area contributed by atoms with Gasteiger partial charge in [-0.1, -0.05) is 0 Å². The SMILES string of the molecule is Cc1nn(C)cc1-c1cc(C(F)(F)Cl)c2c(C)nn(C)c2n1. The Labute approximate surface area is 130 Å². The molecule has 0 unspecified atom stereocenters. The number of hydrogen-bond donors (Lipinski definition) is 0. The summed E-state index contributed by atoms with van der Waals surface area (Å²) in [6.07, 6.45) is 1.74. The summed E-state index contributed by atoms with van der Waals surface area (Å²) in [4.78, 5) is 4.47. The lowest BCUT2D eigenvalue weighted by Crippen LogP contribution is -2.06. The van der Waals surface area contributed by atoms with Crippen LogP contribution in [0.5, 0.6) is 0 Å². The van der Waals surface area contributed by atoms with Crippen molar-refractivity contribution in [3.8, 4) is 11.3 Å². The van der Waals surface area contributed by atoms with Crippen LogP contribution in [0.3, 0.4) is 0 Å². The molecule has 3 heterocycles. The van der Waals surface area contributed by atoms with Crippen LogP contribution >= 0.6 is 11.6 Å². The Hall–Kier alpha value is -2.02. The number of alkyl halides is 3. The molecule has 8 heteroatoms. The van der Waals surface area contributed by atoms with Gasteiger partial charge in [0.05, 0.1) is 28.0 Å². The first-order valence-electron chi connectivity index (χ1n) is 6.60. The summed E-state index contributed by atoms with van der Waals surface area (Å²) in [5.74, 6) is 0. The van der Waals surface area contributed by atoms with E-state index in [0.717, 1.165) is 0 Å². The number of aryl methyl sites for hydroxylation is 4. The first-order chi connectivity index (χ1) is 10.2. The minimum atomic E-state index is -3.50. The maximum atomic E-state index is 13.9. The molecule has 3 aromatic heterocycles. The predicted molar refractivity (Wildman–Crippen MR) is 79.9 cm³/mol. The lowest BCUT2D eigenvalue weighted by Gasteiger charge is -2.12. The van der Waals surface area contributed by atoms with E-state index in [2.05, 4.69) is 15.2 Å². The van der Waals surface area contributed by atoms with Gasteiger partial charge in [-0.25, -0.2) is 4.98 Å². The van der Waals surface area contributed by atoms with Crippen molar-refractivity contribution in [1.82, 2.24) is 24.5 Å². The highest BCUT2D eigenvalue weighted by atomic mass is 35.5. The summed E-state index contributed by atoms with van der Waals surface area (Å²) >= 11 is 5.30. The van der Waals surface area contributed by atoms with Crippen LogP contribution in [0.25, 0.3) is 22.3 Å². The van der Waals surface area contributed by atoms with Crippen molar-refractivity contribution in [1.29, 1.82) is 0 Å². The molecule has 0 saturated heterocycles. The summed E-state index contributed by atoms with van der Waals surface area (Å²) in [6, 6.07) is 1.31. The van der Waals surface area contributed by atoms with Crippen LogP contribution in [0.1, 0.15) is 17.0 Å². The average Bonchev–Trinajstić information content (AvgIpc) is 2.88. The second-order valence-corrected chi connectivity index (χ2v) is 5.74. The van der Waals surface area contributed by atoms with E-state index < -0.39 is 5.38 Å². The Kier molecular flexibility index (Phi) is 3.21. The maximum absolute atomic E-state index is 13.9. The number of nitrogens with zero attached hydrogens (tertiary/aromatic N) is 5. The van der Waals surface area contributed by atoms with Crippen LogP contribution in [0.4, 0.5) is 8.78 Å². The van der Waals surface area contributed by atoms with Gasteiger partial charge >= 0.3 is 5.38 Å². The van der Waals surface area contributed by atoms with Gasteiger partial charge in [-0.05, 0) is 31.5 Å². The topological polar surface area (TPSA) is 48.5 Å². The highest BCUT2D eigenvalue weighted by Crippen LogP contribution is 2.39. The third-order valence-corrected chi connectivity index (χ3v) is 3.77. The lowest BCUT2D eigenvalue weighted by atomic mass is 10.1. The highest BCUT2D eigenvalue weighted by molar-refractivity contribution is 6.22. The van der Waals surface area contributed by atoms with Gasteiger partial charge in [0.25, 0.3) is 0 Å². The van der Waals surface area contributed by atoms with Crippen LogP contribution in [0.2, 0.25) is 0 Å². The Balaban J connectivity index is 2.39. The minimum absolute atomic E-state index is 0.285. The quantitative estimate of drug-likeness (QED) is 0.679. The van der Waals surface area contributed by atoms with E-state index >= 15 is 0 Å². The largest absolute Gasteiger partial charge is 0.349 e. The zero-order chi connectivity index (χ0) is 16.2. The van der Waals surface area contributed by atoms with Gasteiger partial charge in [0.15, 0.2) is 5.65 Å². The highest BCUT2D eigenvalue weighted by Gasteiger charge is 2.33. The summed E-state index contributed by atoms with van der Waals surface area (Å²) in [5.41, 5.74) is 2.34. The van der Waals surface area contributed by atoms with Crippen LogP contribution in [0.15, 0.2) is 12.3 Å². The number of aromatic nitrogens is 5. The molecular formula is C14H14ClF2N5. The molecule has 116 valence electrons. The van der Waals surface area contributed by atoms with Crippen molar-refractivity contribution in [3.63, 3.8) is 0 Å². The third-order valence-electron chi connectivity index (χ3n) is 3.56.